The molecular weight excluding hydrogens is 646 g/mol. The van der Waals surface area contributed by atoms with Crippen LogP contribution in [0.4, 0.5) is 18.0 Å². The zero-order valence-corrected chi connectivity index (χ0v) is 25.5. The van der Waals surface area contributed by atoms with Crippen LogP contribution < -0.4 is 10.1 Å². The van der Waals surface area contributed by atoms with Gasteiger partial charge in [0.1, 0.15) is 11.3 Å². The summed E-state index contributed by atoms with van der Waals surface area (Å²) >= 11 is 12.3. The molecule has 0 bridgehead atoms. The van der Waals surface area contributed by atoms with Crippen molar-refractivity contribution >= 4 is 45.0 Å². The zero-order valence-electron chi connectivity index (χ0n) is 23.2. The molecule has 2 amide bonds. The third-order valence-corrected chi connectivity index (χ3v) is 11.2. The first-order chi connectivity index (χ1) is 20.7. The molecule has 5 rings (SSSR count). The summed E-state index contributed by atoms with van der Waals surface area (Å²) in [6.07, 6.45) is -3.79. The van der Waals surface area contributed by atoms with Crippen LogP contribution in [0.5, 0.6) is 5.75 Å². The second-order valence-electron chi connectivity index (χ2n) is 11.3. The SMILES string of the molecule is N#CC1(NC(=O)O[C@H]2C[C@@H](S(=O)(=O)c3ccc(OCC(F)(F)F)cc3Cl)CN2C(=O)C2(c3ccc(Cl)cc3)CCCC2)CC1. The third-order valence-electron chi connectivity index (χ3n) is 8.34. The molecule has 2 saturated carbocycles. The van der Waals surface area contributed by atoms with Crippen molar-refractivity contribution in [2.24, 2.45) is 0 Å². The molecule has 236 valence electrons. The van der Waals surface area contributed by atoms with Crippen LogP contribution in [0.25, 0.3) is 0 Å². The van der Waals surface area contributed by atoms with Crippen LogP contribution in [-0.2, 0) is 24.8 Å². The largest absolute Gasteiger partial charge is 0.484 e. The molecule has 0 aromatic heterocycles. The molecule has 1 heterocycles. The van der Waals surface area contributed by atoms with Gasteiger partial charge in [-0.05, 0) is 55.5 Å². The number of nitrogens with zero attached hydrogens (tertiary/aromatic N) is 2. The van der Waals surface area contributed by atoms with Gasteiger partial charge in [0, 0.05) is 24.1 Å². The minimum absolute atomic E-state index is 0.273. The summed E-state index contributed by atoms with van der Waals surface area (Å²) in [7, 11) is -4.29. The Morgan fingerprint density at radius 3 is 2.30 bits per heavy atom. The molecule has 0 radical (unpaired) electrons. The van der Waals surface area contributed by atoms with Crippen molar-refractivity contribution in [1.29, 1.82) is 5.26 Å². The third kappa shape index (κ3) is 6.57. The fourth-order valence-corrected chi connectivity index (χ4v) is 8.19. The number of carbonyl (C=O) groups excluding carboxylic acids is 2. The highest BCUT2D eigenvalue weighted by Crippen LogP contribution is 2.45. The number of amides is 2. The Bertz CT molecular complexity index is 1590. The molecule has 3 aliphatic rings. The normalized spacial score (nSPS) is 22.2. The minimum atomic E-state index is -4.60. The Balaban J connectivity index is 1.44. The maximum absolute atomic E-state index is 14.4. The standard InChI is InChI=1S/C29H28Cl2F3N3O6S/c30-19-5-3-18(4-6-19)28(9-1-2-10-28)25(38)37-15-21(14-24(37)43-26(39)36-27(16-35)11-12-27)44(40,41)23-8-7-20(13-22(23)31)42-17-29(32,33)34/h3-8,13,21,24H,1-2,9-12,14-15,17H2,(H,36,39)/t21-,24+/m1/s1. The van der Waals surface area contributed by atoms with Crippen molar-refractivity contribution < 1.29 is 40.7 Å². The van der Waals surface area contributed by atoms with Crippen molar-refractivity contribution in [3.8, 4) is 11.8 Å². The molecule has 1 saturated heterocycles. The molecule has 0 unspecified atom stereocenters. The van der Waals surface area contributed by atoms with Crippen LogP contribution in [0.3, 0.4) is 0 Å². The van der Waals surface area contributed by atoms with E-state index in [1.54, 1.807) is 24.3 Å². The molecule has 0 spiro atoms. The molecule has 1 N–H and O–H groups in total. The molecular formula is C29H28Cl2F3N3O6S. The summed E-state index contributed by atoms with van der Waals surface area (Å²) in [5.74, 6) is -0.679. The van der Waals surface area contributed by atoms with Gasteiger partial charge in [-0.1, -0.05) is 48.2 Å². The van der Waals surface area contributed by atoms with Gasteiger partial charge < -0.3 is 19.7 Å². The maximum Gasteiger partial charge on any atom is 0.422 e. The van der Waals surface area contributed by atoms with Crippen molar-refractivity contribution in [3.63, 3.8) is 0 Å². The number of likely N-dealkylation sites (tertiary alicyclic amines) is 1. The lowest BCUT2D eigenvalue weighted by molar-refractivity contribution is -0.153. The number of nitrogens with one attached hydrogen (secondary N) is 1. The number of benzene rings is 2. The van der Waals surface area contributed by atoms with E-state index < -0.39 is 57.1 Å². The average molecular weight is 675 g/mol. The molecule has 44 heavy (non-hydrogen) atoms. The number of hydrogen-bond acceptors (Lipinski definition) is 7. The number of sulfone groups is 1. The van der Waals surface area contributed by atoms with Gasteiger partial charge in [0.15, 0.2) is 22.7 Å². The summed E-state index contributed by atoms with van der Waals surface area (Å²) in [6.45, 7) is -1.92. The summed E-state index contributed by atoms with van der Waals surface area (Å²) < 4.78 is 75.7. The summed E-state index contributed by atoms with van der Waals surface area (Å²) in [4.78, 5) is 28.1. The van der Waals surface area contributed by atoms with Crippen molar-refractivity contribution in [2.75, 3.05) is 13.2 Å². The summed E-state index contributed by atoms with van der Waals surface area (Å²) in [5, 5.41) is 10.7. The second-order valence-corrected chi connectivity index (χ2v) is 14.4. The van der Waals surface area contributed by atoms with E-state index >= 15 is 0 Å². The topological polar surface area (TPSA) is 126 Å². The van der Waals surface area contributed by atoms with Gasteiger partial charge in [0.2, 0.25) is 5.91 Å². The van der Waals surface area contributed by atoms with E-state index in [4.69, 9.17) is 27.9 Å². The lowest BCUT2D eigenvalue weighted by Crippen LogP contribution is -2.50. The number of halogens is 5. The Morgan fingerprint density at radius 1 is 1.07 bits per heavy atom. The quantitative estimate of drug-likeness (QED) is 0.368. The van der Waals surface area contributed by atoms with E-state index in [2.05, 4.69) is 10.1 Å². The van der Waals surface area contributed by atoms with Gasteiger partial charge in [0.05, 0.1) is 26.7 Å². The second kappa shape index (κ2) is 11.9. The van der Waals surface area contributed by atoms with Crippen LogP contribution in [0.15, 0.2) is 47.4 Å². The zero-order chi connectivity index (χ0) is 31.9. The van der Waals surface area contributed by atoms with E-state index in [0.29, 0.717) is 36.3 Å². The lowest BCUT2D eigenvalue weighted by Gasteiger charge is -2.35. The highest BCUT2D eigenvalue weighted by atomic mass is 35.5. The van der Waals surface area contributed by atoms with Gasteiger partial charge in [-0.25, -0.2) is 13.2 Å². The Labute approximate surface area is 262 Å². The molecule has 2 atom stereocenters. The van der Waals surface area contributed by atoms with Crippen LogP contribution in [-0.4, -0.2) is 61.7 Å². The number of carbonyl (C=O) groups is 2. The molecule has 9 nitrogen and oxygen atoms in total. The molecule has 1 aliphatic heterocycles. The smallest absolute Gasteiger partial charge is 0.422 e. The van der Waals surface area contributed by atoms with Crippen molar-refractivity contribution in [1.82, 2.24) is 10.2 Å². The summed E-state index contributed by atoms with van der Waals surface area (Å²) in [6, 6.07) is 12.0. The predicted octanol–water partition coefficient (Wildman–Crippen LogP) is 5.93. The molecule has 15 heteroatoms. The van der Waals surface area contributed by atoms with E-state index in [9.17, 15) is 36.4 Å². The van der Waals surface area contributed by atoms with Crippen LogP contribution >= 0.6 is 23.2 Å². The number of alkyl carbamates (subject to hydrolysis) is 1. The number of rotatable bonds is 8. The molecule has 2 aliphatic carbocycles. The van der Waals surface area contributed by atoms with Crippen molar-refractivity contribution in [2.45, 2.75) is 78.4 Å². The van der Waals surface area contributed by atoms with E-state index in [0.717, 1.165) is 31.0 Å². The number of ether oxygens (including phenoxy) is 2. The fourth-order valence-electron chi connectivity index (χ4n) is 5.85. The Morgan fingerprint density at radius 2 is 1.73 bits per heavy atom. The first-order valence-electron chi connectivity index (χ1n) is 13.9. The first-order valence-corrected chi connectivity index (χ1v) is 16.2. The number of nitriles is 1. The summed E-state index contributed by atoms with van der Waals surface area (Å²) in [5.41, 5.74) is -1.35. The highest BCUT2D eigenvalue weighted by molar-refractivity contribution is 7.92. The molecule has 2 aromatic rings. The van der Waals surface area contributed by atoms with E-state index in [1.165, 1.54) is 4.90 Å². The van der Waals surface area contributed by atoms with E-state index in [-0.39, 0.29) is 28.6 Å². The van der Waals surface area contributed by atoms with Gasteiger partial charge in [-0.15, -0.1) is 0 Å². The maximum atomic E-state index is 14.4. The van der Waals surface area contributed by atoms with Crippen molar-refractivity contribution in [3.05, 3.63) is 58.1 Å². The first kappa shape index (κ1) is 32.2. The lowest BCUT2D eigenvalue weighted by atomic mass is 9.77. The van der Waals surface area contributed by atoms with Gasteiger partial charge in [0.25, 0.3) is 0 Å². The monoisotopic (exact) mass is 673 g/mol. The average Bonchev–Trinajstić information content (AvgIpc) is 3.34. The van der Waals surface area contributed by atoms with Crippen LogP contribution in [0, 0.1) is 11.3 Å². The molecule has 2 aromatic carbocycles. The number of hydrogen-bond donors (Lipinski definition) is 1. The predicted molar refractivity (Wildman–Crippen MR) is 153 cm³/mol. The number of alkyl halides is 3. The van der Waals surface area contributed by atoms with Crippen LogP contribution in [0.2, 0.25) is 10.0 Å². The minimum Gasteiger partial charge on any atom is -0.484 e. The Hall–Kier alpha value is -3.21. The van der Waals surface area contributed by atoms with Crippen LogP contribution in [0.1, 0.15) is 50.5 Å². The van der Waals surface area contributed by atoms with Gasteiger partial charge >= 0.3 is 12.3 Å². The van der Waals surface area contributed by atoms with Gasteiger partial charge in [-0.3, -0.25) is 4.79 Å². The fraction of sp³-hybridized carbons (Fsp3) is 0.483. The molecule has 3 fully saturated rings. The van der Waals surface area contributed by atoms with Gasteiger partial charge in [-0.2, -0.15) is 18.4 Å². The van der Waals surface area contributed by atoms with E-state index in [1.807, 2.05) is 6.07 Å². The Kier molecular flexibility index (Phi) is 8.74. The highest BCUT2D eigenvalue weighted by Gasteiger charge is 2.53.